The maximum atomic E-state index is 12.8. The minimum absolute atomic E-state index is 0.0337. The summed E-state index contributed by atoms with van der Waals surface area (Å²) < 4.78 is 6.09. The maximum Gasteiger partial charge on any atom is 0.167 e. The molecule has 1 aliphatic heterocycles. The second-order valence-corrected chi connectivity index (χ2v) is 7.04. The first-order chi connectivity index (χ1) is 10.1. The van der Waals surface area contributed by atoms with Crippen LogP contribution in [0.5, 0.6) is 0 Å². The van der Waals surface area contributed by atoms with E-state index in [-0.39, 0.29) is 17.3 Å². The molecule has 1 saturated heterocycles. The van der Waals surface area contributed by atoms with Gasteiger partial charge < -0.3 is 4.74 Å². The van der Waals surface area contributed by atoms with Crippen molar-refractivity contribution in [3.8, 4) is 0 Å². The first-order valence-corrected chi connectivity index (χ1v) is 8.42. The Morgan fingerprint density at radius 1 is 1.29 bits per heavy atom. The van der Waals surface area contributed by atoms with Crippen molar-refractivity contribution < 1.29 is 9.53 Å². The Labute approximate surface area is 131 Å². The van der Waals surface area contributed by atoms with Crippen LogP contribution in [-0.2, 0) is 4.74 Å². The van der Waals surface area contributed by atoms with Gasteiger partial charge in [-0.25, -0.2) is 0 Å². The lowest BCUT2D eigenvalue weighted by Gasteiger charge is -2.43. The van der Waals surface area contributed by atoms with Crippen LogP contribution in [0.4, 0.5) is 0 Å². The van der Waals surface area contributed by atoms with E-state index in [1.165, 1.54) is 19.3 Å². The zero-order valence-electron chi connectivity index (χ0n) is 12.7. The highest BCUT2D eigenvalue weighted by molar-refractivity contribution is 6.34. The van der Waals surface area contributed by atoms with Crippen LogP contribution < -0.4 is 0 Å². The van der Waals surface area contributed by atoms with E-state index in [1.54, 1.807) is 0 Å². The summed E-state index contributed by atoms with van der Waals surface area (Å²) in [6.45, 7) is 2.70. The van der Waals surface area contributed by atoms with Gasteiger partial charge in [-0.1, -0.05) is 36.9 Å². The zero-order valence-corrected chi connectivity index (χ0v) is 13.4. The third-order valence-corrected chi connectivity index (χ3v) is 5.33. The smallest absolute Gasteiger partial charge is 0.167 e. The topological polar surface area (TPSA) is 26.3 Å². The predicted octanol–water partition coefficient (Wildman–Crippen LogP) is 4.96. The molecular formula is C18H23ClO2. The molecule has 2 fully saturated rings. The molecule has 114 valence electrons. The molecule has 1 unspecified atom stereocenters. The van der Waals surface area contributed by atoms with Crippen molar-refractivity contribution in [3.63, 3.8) is 0 Å². The van der Waals surface area contributed by atoms with Crippen LogP contribution in [0.2, 0.25) is 5.02 Å². The normalized spacial score (nSPS) is 25.0. The van der Waals surface area contributed by atoms with Crippen molar-refractivity contribution in [2.75, 3.05) is 6.61 Å². The monoisotopic (exact) mass is 306 g/mol. The molecule has 1 aromatic carbocycles. The Kier molecular flexibility index (Phi) is 4.37. The van der Waals surface area contributed by atoms with E-state index in [2.05, 4.69) is 0 Å². The summed E-state index contributed by atoms with van der Waals surface area (Å²) in [7, 11) is 0. The van der Waals surface area contributed by atoms with Gasteiger partial charge in [0.25, 0.3) is 0 Å². The second-order valence-electron chi connectivity index (χ2n) is 6.63. The Morgan fingerprint density at radius 2 is 2.05 bits per heavy atom. The number of ketones is 1. The van der Waals surface area contributed by atoms with Gasteiger partial charge in [0.1, 0.15) is 0 Å². The number of halogens is 1. The fourth-order valence-electron chi connectivity index (χ4n) is 3.84. The minimum Gasteiger partial charge on any atom is -0.375 e. The lowest BCUT2D eigenvalue weighted by atomic mass is 9.74. The van der Waals surface area contributed by atoms with Crippen LogP contribution in [0.25, 0.3) is 0 Å². The van der Waals surface area contributed by atoms with Gasteiger partial charge in [0, 0.05) is 18.1 Å². The average Bonchev–Trinajstić information content (AvgIpc) is 2.47. The molecule has 0 amide bonds. The summed E-state index contributed by atoms with van der Waals surface area (Å²) in [6.07, 6.45) is 7.67. The van der Waals surface area contributed by atoms with E-state index in [0.29, 0.717) is 17.2 Å². The van der Waals surface area contributed by atoms with Gasteiger partial charge in [0.2, 0.25) is 0 Å². The van der Waals surface area contributed by atoms with Crippen LogP contribution in [-0.4, -0.2) is 18.0 Å². The van der Waals surface area contributed by atoms with Crippen molar-refractivity contribution in [1.29, 1.82) is 0 Å². The highest BCUT2D eigenvalue weighted by Crippen LogP contribution is 2.41. The van der Waals surface area contributed by atoms with Gasteiger partial charge in [0.05, 0.1) is 10.6 Å². The summed E-state index contributed by atoms with van der Waals surface area (Å²) in [5.74, 6) is 0.269. The van der Waals surface area contributed by atoms with Crippen LogP contribution in [0, 0.1) is 12.8 Å². The van der Waals surface area contributed by atoms with E-state index >= 15 is 0 Å². The molecular weight excluding hydrogens is 284 g/mol. The molecule has 0 aromatic heterocycles. The lowest BCUT2D eigenvalue weighted by Crippen LogP contribution is -2.43. The molecule has 1 spiro atoms. The Morgan fingerprint density at radius 3 is 2.76 bits per heavy atom. The fourth-order valence-corrected chi connectivity index (χ4v) is 4.16. The molecule has 3 heteroatoms. The molecule has 0 radical (unpaired) electrons. The Bertz CT molecular complexity index is 527. The SMILES string of the molecule is Cc1ccc(C(=O)C2CCOC3(CCCCC3)C2)c(Cl)c1. The van der Waals surface area contributed by atoms with Crippen molar-refractivity contribution >= 4 is 17.4 Å². The van der Waals surface area contributed by atoms with Gasteiger partial charge in [-0.15, -0.1) is 0 Å². The van der Waals surface area contributed by atoms with E-state index in [9.17, 15) is 4.79 Å². The standard InChI is InChI=1S/C18H23ClO2/c1-13-5-6-15(16(19)11-13)17(20)14-7-10-21-18(12-14)8-3-2-4-9-18/h5-6,11,14H,2-4,7-10,12H2,1H3. The summed E-state index contributed by atoms with van der Waals surface area (Å²) in [4.78, 5) is 12.8. The van der Waals surface area contributed by atoms with Gasteiger partial charge in [-0.05, 0) is 50.3 Å². The molecule has 1 aliphatic carbocycles. The Hall–Kier alpha value is -0.860. The number of hydrogen-bond donors (Lipinski definition) is 0. The first-order valence-electron chi connectivity index (χ1n) is 8.04. The van der Waals surface area contributed by atoms with Crippen molar-refractivity contribution in [2.45, 2.75) is 57.5 Å². The number of hydrogen-bond acceptors (Lipinski definition) is 2. The summed E-state index contributed by atoms with van der Waals surface area (Å²) in [5, 5.41) is 0.587. The summed E-state index contributed by atoms with van der Waals surface area (Å²) >= 11 is 6.27. The molecule has 2 nitrogen and oxygen atoms in total. The molecule has 21 heavy (non-hydrogen) atoms. The number of aryl methyl sites for hydroxylation is 1. The number of benzene rings is 1. The lowest BCUT2D eigenvalue weighted by molar-refractivity contribution is -0.111. The van der Waals surface area contributed by atoms with E-state index in [0.717, 1.165) is 31.2 Å². The van der Waals surface area contributed by atoms with Crippen LogP contribution in [0.3, 0.4) is 0 Å². The summed E-state index contributed by atoms with van der Waals surface area (Å²) in [5.41, 5.74) is 1.74. The molecule has 1 atom stereocenters. The third kappa shape index (κ3) is 3.17. The molecule has 1 saturated carbocycles. The number of rotatable bonds is 2. The molecule has 2 aliphatic rings. The van der Waals surface area contributed by atoms with Crippen molar-refractivity contribution in [2.24, 2.45) is 5.92 Å². The van der Waals surface area contributed by atoms with Gasteiger partial charge in [0.15, 0.2) is 5.78 Å². The zero-order chi connectivity index (χ0) is 14.9. The number of carbonyl (C=O) groups is 1. The van der Waals surface area contributed by atoms with Crippen LogP contribution in [0.1, 0.15) is 60.9 Å². The first kappa shape index (κ1) is 15.1. The van der Waals surface area contributed by atoms with E-state index in [1.807, 2.05) is 25.1 Å². The highest BCUT2D eigenvalue weighted by Gasteiger charge is 2.41. The Balaban J connectivity index is 1.77. The van der Waals surface area contributed by atoms with Gasteiger partial charge >= 0.3 is 0 Å². The van der Waals surface area contributed by atoms with Gasteiger partial charge in [-0.2, -0.15) is 0 Å². The van der Waals surface area contributed by atoms with E-state index < -0.39 is 0 Å². The second kappa shape index (κ2) is 6.10. The largest absolute Gasteiger partial charge is 0.375 e. The van der Waals surface area contributed by atoms with E-state index in [4.69, 9.17) is 16.3 Å². The van der Waals surface area contributed by atoms with Crippen molar-refractivity contribution in [3.05, 3.63) is 34.3 Å². The number of ether oxygens (including phenoxy) is 1. The molecule has 3 rings (SSSR count). The molecule has 0 bridgehead atoms. The fraction of sp³-hybridized carbons (Fsp3) is 0.611. The van der Waals surface area contributed by atoms with Gasteiger partial charge in [-0.3, -0.25) is 4.79 Å². The van der Waals surface area contributed by atoms with Crippen molar-refractivity contribution in [1.82, 2.24) is 0 Å². The molecule has 0 N–H and O–H groups in total. The predicted molar refractivity (Wildman–Crippen MR) is 85.0 cm³/mol. The van der Waals surface area contributed by atoms with Crippen LogP contribution in [0.15, 0.2) is 18.2 Å². The maximum absolute atomic E-state index is 12.8. The highest BCUT2D eigenvalue weighted by atomic mass is 35.5. The molecule has 1 aromatic rings. The number of carbonyl (C=O) groups excluding carboxylic acids is 1. The quantitative estimate of drug-likeness (QED) is 0.722. The minimum atomic E-state index is -0.0337. The third-order valence-electron chi connectivity index (χ3n) is 5.02. The molecule has 1 heterocycles. The van der Waals surface area contributed by atoms with Crippen LogP contribution >= 0.6 is 11.6 Å². The number of Topliss-reactive ketones (excluding diaryl/α,β-unsaturated/α-hetero) is 1. The average molecular weight is 307 g/mol. The summed E-state index contributed by atoms with van der Waals surface area (Å²) in [6, 6.07) is 5.72.